The number of nitrogens with one attached hydrogen (secondary N) is 1. The summed E-state index contributed by atoms with van der Waals surface area (Å²) in [5.74, 6) is 1.86. The molecule has 0 atom stereocenters. The summed E-state index contributed by atoms with van der Waals surface area (Å²) in [6.07, 6.45) is 12.4. The van der Waals surface area contributed by atoms with E-state index in [1.807, 2.05) is 0 Å². The Morgan fingerprint density at radius 1 is 1.05 bits per heavy atom. The van der Waals surface area contributed by atoms with Gasteiger partial charge in [0.05, 0.1) is 11.7 Å². The summed E-state index contributed by atoms with van der Waals surface area (Å²) in [4.78, 5) is 0. The molecule has 0 saturated heterocycles. The molecule has 0 aliphatic heterocycles. The summed E-state index contributed by atoms with van der Waals surface area (Å²) in [7, 11) is 2.07. The molecule has 0 aromatic carbocycles. The molecular weight excluding hydrogens is 234 g/mol. The lowest BCUT2D eigenvalue weighted by molar-refractivity contribution is -0.129. The van der Waals surface area contributed by atoms with Gasteiger partial charge in [0.15, 0.2) is 0 Å². The van der Waals surface area contributed by atoms with E-state index in [-0.39, 0.29) is 5.60 Å². The summed E-state index contributed by atoms with van der Waals surface area (Å²) in [5.41, 5.74) is 0.145. The van der Waals surface area contributed by atoms with Crippen LogP contribution in [0.5, 0.6) is 0 Å². The van der Waals surface area contributed by atoms with E-state index in [1.165, 1.54) is 57.8 Å². The zero-order valence-corrected chi connectivity index (χ0v) is 13.2. The van der Waals surface area contributed by atoms with Crippen molar-refractivity contribution in [2.24, 2.45) is 11.8 Å². The maximum Gasteiger partial charge on any atom is 0.0810 e. The Morgan fingerprint density at radius 2 is 1.68 bits per heavy atom. The van der Waals surface area contributed by atoms with E-state index >= 15 is 0 Å². The van der Waals surface area contributed by atoms with Crippen molar-refractivity contribution in [3.63, 3.8) is 0 Å². The highest BCUT2D eigenvalue weighted by atomic mass is 16.5. The molecule has 1 N–H and O–H groups in total. The molecule has 0 heterocycles. The minimum Gasteiger partial charge on any atom is -0.370 e. The van der Waals surface area contributed by atoms with E-state index in [9.17, 15) is 0 Å². The van der Waals surface area contributed by atoms with Crippen molar-refractivity contribution in [3.8, 4) is 0 Å². The van der Waals surface area contributed by atoms with Gasteiger partial charge in [-0.3, -0.25) is 0 Å². The smallest absolute Gasteiger partial charge is 0.0810 e. The van der Waals surface area contributed by atoms with Gasteiger partial charge < -0.3 is 10.1 Å². The van der Waals surface area contributed by atoms with Crippen molar-refractivity contribution in [3.05, 3.63) is 0 Å². The van der Waals surface area contributed by atoms with Crippen molar-refractivity contribution in [2.45, 2.75) is 83.3 Å². The van der Waals surface area contributed by atoms with Crippen LogP contribution in [0, 0.1) is 11.8 Å². The fraction of sp³-hybridized carbons (Fsp3) is 1.00. The fourth-order valence-corrected chi connectivity index (χ4v) is 3.97. The summed E-state index contributed by atoms with van der Waals surface area (Å²) in [6, 6.07) is 0. The monoisotopic (exact) mass is 267 g/mol. The van der Waals surface area contributed by atoms with Crippen LogP contribution in [-0.2, 0) is 4.74 Å². The van der Waals surface area contributed by atoms with Crippen LogP contribution in [0.15, 0.2) is 0 Å². The van der Waals surface area contributed by atoms with Gasteiger partial charge in [0.1, 0.15) is 0 Å². The van der Waals surface area contributed by atoms with E-state index in [2.05, 4.69) is 26.2 Å². The Labute approximate surface area is 119 Å². The van der Waals surface area contributed by atoms with Gasteiger partial charge in [0.2, 0.25) is 0 Å². The molecule has 2 rings (SSSR count). The Kier molecular flexibility index (Phi) is 5.70. The maximum atomic E-state index is 6.64. The van der Waals surface area contributed by atoms with Gasteiger partial charge in [-0.05, 0) is 70.3 Å². The van der Waals surface area contributed by atoms with Crippen LogP contribution in [-0.4, -0.2) is 25.3 Å². The minimum absolute atomic E-state index is 0.145. The molecule has 2 aliphatic rings. The topological polar surface area (TPSA) is 21.3 Å². The van der Waals surface area contributed by atoms with Crippen LogP contribution in [0.4, 0.5) is 0 Å². The van der Waals surface area contributed by atoms with E-state index in [1.54, 1.807) is 0 Å². The van der Waals surface area contributed by atoms with E-state index in [0.717, 1.165) is 18.4 Å². The molecule has 0 unspecified atom stereocenters. The zero-order chi connectivity index (χ0) is 13.7. The standard InChI is InChI=1S/C17H33NO/c1-4-15-9-11-17(12-10-15,13-18-3)19-16-7-5-14(2)6-8-16/h14-16,18H,4-13H2,1-3H3. The summed E-state index contributed by atoms with van der Waals surface area (Å²) < 4.78 is 6.64. The third-order valence-corrected chi connectivity index (χ3v) is 5.47. The van der Waals surface area contributed by atoms with Crippen molar-refractivity contribution in [2.75, 3.05) is 13.6 Å². The Morgan fingerprint density at radius 3 is 2.21 bits per heavy atom. The normalized spacial score (nSPS) is 40.3. The van der Waals surface area contributed by atoms with E-state index < -0.39 is 0 Å². The Balaban J connectivity index is 1.88. The molecular formula is C17H33NO. The number of likely N-dealkylation sites (N-methyl/N-ethyl adjacent to an activating group) is 1. The van der Waals surface area contributed by atoms with Gasteiger partial charge in [0.25, 0.3) is 0 Å². The van der Waals surface area contributed by atoms with Crippen molar-refractivity contribution < 1.29 is 4.74 Å². The first kappa shape index (κ1) is 15.3. The van der Waals surface area contributed by atoms with E-state index in [0.29, 0.717) is 6.10 Å². The SMILES string of the molecule is CCC1CCC(CNC)(OC2CCC(C)CC2)CC1. The molecule has 2 fully saturated rings. The van der Waals surface area contributed by atoms with Crippen molar-refractivity contribution >= 4 is 0 Å². The van der Waals surface area contributed by atoms with Crippen molar-refractivity contribution in [1.29, 1.82) is 0 Å². The van der Waals surface area contributed by atoms with Crippen LogP contribution < -0.4 is 5.32 Å². The lowest BCUT2D eigenvalue weighted by Crippen LogP contribution is -2.47. The molecule has 2 aliphatic carbocycles. The molecule has 2 saturated carbocycles. The van der Waals surface area contributed by atoms with Crippen LogP contribution in [0.2, 0.25) is 0 Å². The van der Waals surface area contributed by atoms with Crippen LogP contribution in [0.1, 0.15) is 71.6 Å². The average Bonchev–Trinajstić information content (AvgIpc) is 2.43. The quantitative estimate of drug-likeness (QED) is 0.808. The van der Waals surface area contributed by atoms with Crippen LogP contribution in [0.25, 0.3) is 0 Å². The number of rotatable bonds is 5. The predicted molar refractivity (Wildman–Crippen MR) is 81.4 cm³/mol. The lowest BCUT2D eigenvalue weighted by atomic mass is 9.77. The maximum absolute atomic E-state index is 6.64. The van der Waals surface area contributed by atoms with Gasteiger partial charge in [0, 0.05) is 6.54 Å². The largest absolute Gasteiger partial charge is 0.370 e. The molecule has 0 aromatic rings. The second-order valence-corrected chi connectivity index (χ2v) is 7.06. The average molecular weight is 267 g/mol. The van der Waals surface area contributed by atoms with E-state index in [4.69, 9.17) is 4.74 Å². The fourth-order valence-electron chi connectivity index (χ4n) is 3.97. The first-order chi connectivity index (χ1) is 9.17. The summed E-state index contributed by atoms with van der Waals surface area (Å²) >= 11 is 0. The van der Waals surface area contributed by atoms with Gasteiger partial charge >= 0.3 is 0 Å². The molecule has 0 radical (unpaired) electrons. The van der Waals surface area contributed by atoms with Gasteiger partial charge in [-0.25, -0.2) is 0 Å². The number of hydrogen-bond acceptors (Lipinski definition) is 2. The first-order valence-corrected chi connectivity index (χ1v) is 8.50. The molecule has 112 valence electrons. The van der Waals surface area contributed by atoms with Gasteiger partial charge in [-0.1, -0.05) is 20.3 Å². The Bertz CT molecular complexity index is 250. The molecule has 0 bridgehead atoms. The number of hydrogen-bond donors (Lipinski definition) is 1. The molecule has 2 nitrogen and oxygen atoms in total. The third-order valence-electron chi connectivity index (χ3n) is 5.47. The summed E-state index contributed by atoms with van der Waals surface area (Å²) in [6.45, 7) is 5.75. The molecule has 19 heavy (non-hydrogen) atoms. The van der Waals surface area contributed by atoms with Crippen molar-refractivity contribution in [1.82, 2.24) is 5.32 Å². The first-order valence-electron chi connectivity index (χ1n) is 8.50. The summed E-state index contributed by atoms with van der Waals surface area (Å²) in [5, 5.41) is 3.38. The number of ether oxygens (including phenoxy) is 1. The molecule has 0 aromatic heterocycles. The Hall–Kier alpha value is -0.0800. The minimum atomic E-state index is 0.145. The molecule has 0 amide bonds. The molecule has 2 heteroatoms. The van der Waals surface area contributed by atoms with Gasteiger partial charge in [-0.2, -0.15) is 0 Å². The third kappa shape index (κ3) is 4.19. The predicted octanol–water partition coefficient (Wildman–Crippen LogP) is 4.14. The highest BCUT2D eigenvalue weighted by molar-refractivity contribution is 4.90. The van der Waals surface area contributed by atoms with Gasteiger partial charge in [-0.15, -0.1) is 0 Å². The second-order valence-electron chi connectivity index (χ2n) is 7.06. The molecule has 0 spiro atoms. The highest BCUT2D eigenvalue weighted by Gasteiger charge is 2.37. The lowest BCUT2D eigenvalue weighted by Gasteiger charge is -2.43. The second kappa shape index (κ2) is 7.08. The van der Waals surface area contributed by atoms with Crippen LogP contribution >= 0.6 is 0 Å². The zero-order valence-electron chi connectivity index (χ0n) is 13.2. The highest BCUT2D eigenvalue weighted by Crippen LogP contribution is 2.39. The van der Waals surface area contributed by atoms with Crippen LogP contribution in [0.3, 0.4) is 0 Å².